The lowest BCUT2D eigenvalue weighted by atomic mass is 10.0. The molecule has 0 aliphatic carbocycles. The average molecular weight is 267 g/mol. The molecule has 19 heavy (non-hydrogen) atoms. The summed E-state index contributed by atoms with van der Waals surface area (Å²) in [4.78, 5) is 19.2. The van der Waals surface area contributed by atoms with Crippen molar-refractivity contribution in [3.63, 3.8) is 0 Å². The maximum absolute atomic E-state index is 12.5. The van der Waals surface area contributed by atoms with Gasteiger partial charge in [0, 0.05) is 32.2 Å². The van der Waals surface area contributed by atoms with Crippen molar-refractivity contribution in [3.8, 4) is 0 Å². The van der Waals surface area contributed by atoms with Crippen molar-refractivity contribution in [2.75, 3.05) is 32.7 Å². The molecule has 0 radical (unpaired) electrons. The van der Waals surface area contributed by atoms with Gasteiger partial charge >= 0.3 is 6.03 Å². The number of carbonyl (C=O) groups is 1. The molecule has 2 heterocycles. The number of nitrogens with zero attached hydrogens (tertiary/aromatic N) is 3. The molecule has 110 valence electrons. The van der Waals surface area contributed by atoms with E-state index in [0.717, 1.165) is 45.6 Å². The molecule has 2 aliphatic heterocycles. The van der Waals surface area contributed by atoms with Crippen LogP contribution >= 0.6 is 0 Å². The summed E-state index contributed by atoms with van der Waals surface area (Å²) in [6.45, 7) is 14.0. The minimum atomic E-state index is 0.274. The smallest absolute Gasteiger partial charge is 0.320 e. The summed E-state index contributed by atoms with van der Waals surface area (Å²) < 4.78 is 0. The monoisotopic (exact) mass is 267 g/mol. The van der Waals surface area contributed by atoms with Gasteiger partial charge in [-0.3, -0.25) is 0 Å². The lowest BCUT2D eigenvalue weighted by Crippen LogP contribution is -2.46. The third-order valence-electron chi connectivity index (χ3n) is 4.83. The molecule has 0 saturated carbocycles. The third kappa shape index (κ3) is 2.88. The second-order valence-corrected chi connectivity index (χ2v) is 6.20. The lowest BCUT2D eigenvalue weighted by molar-refractivity contribution is 0.133. The topological polar surface area (TPSA) is 26.8 Å². The van der Waals surface area contributed by atoms with Gasteiger partial charge in [-0.1, -0.05) is 20.8 Å². The molecule has 4 nitrogen and oxygen atoms in total. The Morgan fingerprint density at radius 2 is 1.79 bits per heavy atom. The van der Waals surface area contributed by atoms with Gasteiger partial charge in [-0.2, -0.15) is 0 Å². The van der Waals surface area contributed by atoms with Gasteiger partial charge < -0.3 is 14.7 Å². The Morgan fingerprint density at radius 3 is 2.21 bits per heavy atom. The van der Waals surface area contributed by atoms with E-state index in [-0.39, 0.29) is 6.03 Å². The molecule has 0 spiro atoms. The van der Waals surface area contributed by atoms with E-state index in [1.807, 2.05) is 0 Å². The van der Waals surface area contributed by atoms with E-state index in [4.69, 9.17) is 0 Å². The Labute approximate surface area is 117 Å². The Balaban J connectivity index is 2.00. The lowest BCUT2D eigenvalue weighted by Gasteiger charge is -2.36. The van der Waals surface area contributed by atoms with Crippen LogP contribution in [0.5, 0.6) is 0 Å². The second kappa shape index (κ2) is 6.12. The van der Waals surface area contributed by atoms with E-state index < -0.39 is 0 Å². The van der Waals surface area contributed by atoms with Crippen LogP contribution < -0.4 is 0 Å². The Morgan fingerprint density at radius 1 is 1.16 bits per heavy atom. The van der Waals surface area contributed by atoms with Crippen molar-refractivity contribution >= 4 is 6.03 Å². The molecule has 0 aromatic heterocycles. The zero-order chi connectivity index (χ0) is 14.0. The molecule has 2 aliphatic rings. The van der Waals surface area contributed by atoms with Gasteiger partial charge in [-0.15, -0.1) is 0 Å². The number of rotatable bonds is 4. The number of hydrogen-bond acceptors (Lipinski definition) is 2. The van der Waals surface area contributed by atoms with Crippen molar-refractivity contribution in [2.24, 2.45) is 5.92 Å². The summed E-state index contributed by atoms with van der Waals surface area (Å²) in [6, 6.07) is 1.14. The molecule has 0 aromatic carbocycles. The molecular weight excluding hydrogens is 238 g/mol. The zero-order valence-electron chi connectivity index (χ0n) is 12.9. The highest BCUT2D eigenvalue weighted by Gasteiger charge is 2.41. The molecule has 0 aromatic rings. The zero-order valence-corrected chi connectivity index (χ0v) is 12.9. The SMILES string of the molecule is CCN1CCC(N2CC(C(C)C)N(CC)C2=O)CC1. The summed E-state index contributed by atoms with van der Waals surface area (Å²) in [5.74, 6) is 0.546. The fourth-order valence-electron chi connectivity index (χ4n) is 3.48. The van der Waals surface area contributed by atoms with Crippen LogP contribution in [-0.2, 0) is 0 Å². The predicted molar refractivity (Wildman–Crippen MR) is 78.2 cm³/mol. The van der Waals surface area contributed by atoms with Gasteiger partial charge in [0.25, 0.3) is 0 Å². The highest BCUT2D eigenvalue weighted by Crippen LogP contribution is 2.27. The number of amides is 2. The maximum atomic E-state index is 12.5. The minimum absolute atomic E-state index is 0.274. The summed E-state index contributed by atoms with van der Waals surface area (Å²) in [6.07, 6.45) is 2.28. The van der Waals surface area contributed by atoms with Gasteiger partial charge in [0.15, 0.2) is 0 Å². The first-order valence-corrected chi connectivity index (χ1v) is 7.88. The molecule has 0 bridgehead atoms. The van der Waals surface area contributed by atoms with Crippen LogP contribution in [0.2, 0.25) is 0 Å². The minimum Gasteiger partial charge on any atom is -0.320 e. The van der Waals surface area contributed by atoms with Crippen molar-refractivity contribution in [1.29, 1.82) is 0 Å². The number of piperidine rings is 1. The van der Waals surface area contributed by atoms with Crippen LogP contribution in [0.1, 0.15) is 40.5 Å². The van der Waals surface area contributed by atoms with Crippen LogP contribution in [0, 0.1) is 5.92 Å². The standard InChI is InChI=1S/C15H29N3O/c1-5-16-9-7-13(8-10-16)18-11-14(12(3)4)17(6-2)15(18)19/h12-14H,5-11H2,1-4H3. The van der Waals surface area contributed by atoms with Crippen molar-refractivity contribution < 1.29 is 4.79 Å². The Bertz CT molecular complexity index is 311. The molecule has 2 saturated heterocycles. The number of hydrogen-bond donors (Lipinski definition) is 0. The highest BCUT2D eigenvalue weighted by atomic mass is 16.2. The fraction of sp³-hybridized carbons (Fsp3) is 0.933. The number of likely N-dealkylation sites (N-methyl/N-ethyl adjacent to an activating group) is 1. The van der Waals surface area contributed by atoms with E-state index in [1.54, 1.807) is 0 Å². The molecule has 2 amide bonds. The molecule has 2 rings (SSSR count). The molecule has 4 heteroatoms. The summed E-state index contributed by atoms with van der Waals surface area (Å²) in [7, 11) is 0. The second-order valence-electron chi connectivity index (χ2n) is 6.20. The number of urea groups is 1. The van der Waals surface area contributed by atoms with E-state index in [2.05, 4.69) is 42.4 Å². The van der Waals surface area contributed by atoms with Gasteiger partial charge in [0.2, 0.25) is 0 Å². The van der Waals surface area contributed by atoms with Gasteiger partial charge in [0.1, 0.15) is 0 Å². The van der Waals surface area contributed by atoms with Crippen molar-refractivity contribution in [3.05, 3.63) is 0 Å². The van der Waals surface area contributed by atoms with Crippen LogP contribution in [0.3, 0.4) is 0 Å². The highest BCUT2D eigenvalue weighted by molar-refractivity contribution is 5.77. The van der Waals surface area contributed by atoms with E-state index in [0.29, 0.717) is 18.0 Å². The van der Waals surface area contributed by atoms with E-state index in [1.165, 1.54) is 0 Å². The van der Waals surface area contributed by atoms with Gasteiger partial charge in [-0.05, 0) is 32.2 Å². The van der Waals surface area contributed by atoms with Crippen molar-refractivity contribution in [1.82, 2.24) is 14.7 Å². The Kier molecular flexibility index (Phi) is 4.71. The molecule has 1 unspecified atom stereocenters. The molecule has 2 fully saturated rings. The van der Waals surface area contributed by atoms with Gasteiger partial charge in [-0.25, -0.2) is 4.79 Å². The molecule has 0 N–H and O–H groups in total. The van der Waals surface area contributed by atoms with E-state index >= 15 is 0 Å². The normalized spacial score (nSPS) is 26.8. The van der Waals surface area contributed by atoms with E-state index in [9.17, 15) is 4.79 Å². The predicted octanol–water partition coefficient (Wildman–Crippen LogP) is 2.25. The quantitative estimate of drug-likeness (QED) is 0.781. The first kappa shape index (κ1) is 14.6. The third-order valence-corrected chi connectivity index (χ3v) is 4.83. The van der Waals surface area contributed by atoms with Crippen LogP contribution in [0.15, 0.2) is 0 Å². The van der Waals surface area contributed by atoms with Crippen LogP contribution in [-0.4, -0.2) is 65.5 Å². The largest absolute Gasteiger partial charge is 0.320 e. The average Bonchev–Trinajstić information content (AvgIpc) is 2.76. The number of likely N-dealkylation sites (tertiary alicyclic amines) is 1. The summed E-state index contributed by atoms with van der Waals surface area (Å²) in [5.41, 5.74) is 0. The summed E-state index contributed by atoms with van der Waals surface area (Å²) in [5, 5.41) is 0. The first-order chi connectivity index (χ1) is 9.08. The van der Waals surface area contributed by atoms with Crippen LogP contribution in [0.25, 0.3) is 0 Å². The van der Waals surface area contributed by atoms with Gasteiger partial charge in [0.05, 0.1) is 6.04 Å². The first-order valence-electron chi connectivity index (χ1n) is 7.88. The summed E-state index contributed by atoms with van der Waals surface area (Å²) >= 11 is 0. The Hall–Kier alpha value is -0.770. The van der Waals surface area contributed by atoms with Crippen LogP contribution in [0.4, 0.5) is 4.79 Å². The maximum Gasteiger partial charge on any atom is 0.320 e. The molecule has 1 atom stereocenters. The number of carbonyl (C=O) groups excluding carboxylic acids is 1. The van der Waals surface area contributed by atoms with Crippen molar-refractivity contribution in [2.45, 2.75) is 52.6 Å². The molecular formula is C15H29N3O. The fourth-order valence-corrected chi connectivity index (χ4v) is 3.48.